The van der Waals surface area contributed by atoms with Crippen LogP contribution in [0.2, 0.25) is 0 Å². The van der Waals surface area contributed by atoms with Gasteiger partial charge in [0, 0.05) is 23.9 Å². The first-order valence-electron chi connectivity index (χ1n) is 12.4. The predicted octanol–water partition coefficient (Wildman–Crippen LogP) is 4.83. The van der Waals surface area contributed by atoms with Gasteiger partial charge >= 0.3 is 0 Å². The number of piperidine rings is 3. The number of nitrogens with zero attached hydrogens (tertiary/aromatic N) is 1. The van der Waals surface area contributed by atoms with E-state index in [2.05, 4.69) is 70.9 Å². The average molecular weight is 415 g/mol. The van der Waals surface area contributed by atoms with Crippen LogP contribution in [-0.4, -0.2) is 36.0 Å². The lowest BCUT2D eigenvalue weighted by Crippen LogP contribution is -2.65. The molecule has 5 atom stereocenters. The van der Waals surface area contributed by atoms with Crippen LogP contribution in [0.1, 0.15) is 55.6 Å². The van der Waals surface area contributed by atoms with E-state index < -0.39 is 0 Å². The molecule has 2 saturated carbocycles. The quantitative estimate of drug-likeness (QED) is 0.760. The molecule has 1 amide bonds. The SMILES string of the molecule is O=C(NC1C2CCN(CC2)C1C(c1ccccc1)c1ccccc1)[C@H]1C[C@@H]2CCC1C2. The molecule has 3 nitrogen and oxygen atoms in total. The highest BCUT2D eigenvalue weighted by Gasteiger charge is 2.49. The molecule has 3 heteroatoms. The molecule has 4 bridgehead atoms. The predicted molar refractivity (Wildman–Crippen MR) is 124 cm³/mol. The molecule has 3 heterocycles. The van der Waals surface area contributed by atoms with E-state index in [-0.39, 0.29) is 17.9 Å². The number of amides is 1. The Morgan fingerprint density at radius 1 is 0.806 bits per heavy atom. The van der Waals surface area contributed by atoms with Gasteiger partial charge in [-0.3, -0.25) is 9.69 Å². The molecule has 162 valence electrons. The maximum absolute atomic E-state index is 13.5. The zero-order chi connectivity index (χ0) is 20.8. The first kappa shape index (κ1) is 19.5. The minimum atomic E-state index is 0.250. The van der Waals surface area contributed by atoms with E-state index in [0.717, 1.165) is 25.4 Å². The zero-order valence-corrected chi connectivity index (χ0v) is 18.3. The molecule has 1 N–H and O–H groups in total. The molecule has 2 aromatic carbocycles. The van der Waals surface area contributed by atoms with Crippen LogP contribution >= 0.6 is 0 Å². The molecular weight excluding hydrogens is 380 g/mol. The summed E-state index contributed by atoms with van der Waals surface area (Å²) < 4.78 is 0. The van der Waals surface area contributed by atoms with E-state index in [1.165, 1.54) is 43.2 Å². The lowest BCUT2D eigenvalue weighted by atomic mass is 9.70. The molecule has 5 aliphatic rings. The molecular formula is C28H34N2O. The monoisotopic (exact) mass is 414 g/mol. The van der Waals surface area contributed by atoms with Gasteiger partial charge in [-0.15, -0.1) is 0 Å². The van der Waals surface area contributed by atoms with Gasteiger partial charge in [-0.05, 0) is 74.1 Å². The molecule has 3 saturated heterocycles. The molecule has 7 rings (SSSR count). The Bertz CT molecular complexity index is 866. The minimum Gasteiger partial charge on any atom is -0.351 e. The summed E-state index contributed by atoms with van der Waals surface area (Å²) in [5.74, 6) is 2.97. The zero-order valence-electron chi connectivity index (χ0n) is 18.3. The van der Waals surface area contributed by atoms with Gasteiger partial charge in [0.15, 0.2) is 0 Å². The summed E-state index contributed by atoms with van der Waals surface area (Å²) in [4.78, 5) is 16.2. The molecule has 2 aromatic rings. The fraction of sp³-hybridized carbons (Fsp3) is 0.536. The van der Waals surface area contributed by atoms with Crippen molar-refractivity contribution < 1.29 is 4.79 Å². The van der Waals surface area contributed by atoms with Crippen molar-refractivity contribution in [1.82, 2.24) is 10.2 Å². The Balaban J connectivity index is 1.34. The first-order valence-corrected chi connectivity index (χ1v) is 12.4. The summed E-state index contributed by atoms with van der Waals surface area (Å²) in [6.45, 7) is 2.32. The van der Waals surface area contributed by atoms with E-state index >= 15 is 0 Å². The van der Waals surface area contributed by atoms with Crippen molar-refractivity contribution in [2.24, 2.45) is 23.7 Å². The topological polar surface area (TPSA) is 32.3 Å². The number of benzene rings is 2. The number of fused-ring (bicyclic) bond motifs is 5. The second-order valence-electron chi connectivity index (χ2n) is 10.5. The molecule has 31 heavy (non-hydrogen) atoms. The largest absolute Gasteiger partial charge is 0.351 e. The maximum atomic E-state index is 13.5. The molecule has 3 unspecified atom stereocenters. The van der Waals surface area contributed by atoms with Crippen LogP contribution in [0.25, 0.3) is 0 Å². The lowest BCUT2D eigenvalue weighted by molar-refractivity contribution is -0.130. The summed E-state index contributed by atoms with van der Waals surface area (Å²) >= 11 is 0. The fourth-order valence-electron chi connectivity index (χ4n) is 7.45. The third-order valence-electron chi connectivity index (χ3n) is 8.91. The number of carbonyl (C=O) groups excluding carboxylic acids is 1. The second kappa shape index (κ2) is 8.09. The maximum Gasteiger partial charge on any atom is 0.223 e. The Hall–Kier alpha value is -2.13. The van der Waals surface area contributed by atoms with Crippen LogP contribution in [0.5, 0.6) is 0 Å². The van der Waals surface area contributed by atoms with E-state index in [4.69, 9.17) is 0 Å². The van der Waals surface area contributed by atoms with Crippen LogP contribution in [0.3, 0.4) is 0 Å². The summed E-state index contributed by atoms with van der Waals surface area (Å²) in [6.07, 6.45) is 7.47. The third-order valence-corrected chi connectivity index (χ3v) is 8.91. The highest BCUT2D eigenvalue weighted by Crippen LogP contribution is 2.49. The van der Waals surface area contributed by atoms with Crippen molar-refractivity contribution in [3.8, 4) is 0 Å². The molecule has 0 aromatic heterocycles. The fourth-order valence-corrected chi connectivity index (χ4v) is 7.45. The second-order valence-corrected chi connectivity index (χ2v) is 10.5. The van der Waals surface area contributed by atoms with Crippen molar-refractivity contribution in [3.05, 3.63) is 71.8 Å². The van der Waals surface area contributed by atoms with Gasteiger partial charge < -0.3 is 5.32 Å². The first-order chi connectivity index (χ1) is 15.3. The van der Waals surface area contributed by atoms with Crippen molar-refractivity contribution in [2.45, 2.75) is 56.5 Å². The van der Waals surface area contributed by atoms with Crippen molar-refractivity contribution in [2.75, 3.05) is 13.1 Å². The number of hydrogen-bond acceptors (Lipinski definition) is 2. The minimum absolute atomic E-state index is 0.250. The van der Waals surface area contributed by atoms with Gasteiger partial charge in [0.25, 0.3) is 0 Å². The van der Waals surface area contributed by atoms with Crippen LogP contribution in [0.15, 0.2) is 60.7 Å². The summed E-state index contributed by atoms with van der Waals surface area (Å²) in [6, 6.07) is 22.5. The summed E-state index contributed by atoms with van der Waals surface area (Å²) in [5.41, 5.74) is 2.73. The van der Waals surface area contributed by atoms with Crippen LogP contribution in [-0.2, 0) is 4.79 Å². The van der Waals surface area contributed by atoms with Crippen LogP contribution in [0, 0.1) is 23.7 Å². The Kier molecular flexibility index (Phi) is 5.10. The standard InChI is InChI=1S/C28H34N2O/c31-28(24-18-19-11-12-23(24)17-19)29-26-22-13-15-30(16-14-22)27(26)25(20-7-3-1-4-8-20)21-9-5-2-6-10-21/h1-10,19,22-27H,11-18H2,(H,29,31)/t19-,23?,24+,26?,27?/m1/s1. The van der Waals surface area contributed by atoms with Crippen molar-refractivity contribution in [1.29, 1.82) is 0 Å². The molecule has 5 fully saturated rings. The van der Waals surface area contributed by atoms with Crippen molar-refractivity contribution >= 4 is 5.91 Å². The van der Waals surface area contributed by atoms with Gasteiger partial charge in [-0.2, -0.15) is 0 Å². The van der Waals surface area contributed by atoms with Gasteiger partial charge in [0.05, 0.1) is 0 Å². The van der Waals surface area contributed by atoms with Gasteiger partial charge in [0.1, 0.15) is 0 Å². The normalized spacial score (nSPS) is 36.1. The Morgan fingerprint density at radius 3 is 2.00 bits per heavy atom. The van der Waals surface area contributed by atoms with Gasteiger partial charge in [0.2, 0.25) is 5.91 Å². The highest BCUT2D eigenvalue weighted by molar-refractivity contribution is 5.80. The van der Waals surface area contributed by atoms with Gasteiger partial charge in [-0.25, -0.2) is 0 Å². The number of hydrogen-bond donors (Lipinski definition) is 1. The molecule has 3 aliphatic heterocycles. The Morgan fingerprint density at radius 2 is 1.45 bits per heavy atom. The van der Waals surface area contributed by atoms with Crippen LogP contribution in [0.4, 0.5) is 0 Å². The van der Waals surface area contributed by atoms with E-state index in [9.17, 15) is 4.79 Å². The molecule has 2 aliphatic carbocycles. The molecule has 0 spiro atoms. The van der Waals surface area contributed by atoms with Gasteiger partial charge in [-0.1, -0.05) is 67.1 Å². The van der Waals surface area contributed by atoms with Crippen molar-refractivity contribution in [3.63, 3.8) is 0 Å². The summed E-state index contributed by atoms with van der Waals surface area (Å²) in [5, 5.41) is 3.67. The van der Waals surface area contributed by atoms with E-state index in [0.29, 0.717) is 23.8 Å². The summed E-state index contributed by atoms with van der Waals surface area (Å²) in [7, 11) is 0. The average Bonchev–Trinajstić information content (AvgIpc) is 3.47. The van der Waals surface area contributed by atoms with E-state index in [1.807, 2.05) is 0 Å². The lowest BCUT2D eigenvalue weighted by Gasteiger charge is -2.54. The Labute approximate surface area is 186 Å². The smallest absolute Gasteiger partial charge is 0.223 e. The van der Waals surface area contributed by atoms with E-state index in [1.54, 1.807) is 0 Å². The third kappa shape index (κ3) is 3.51. The number of rotatable bonds is 5. The van der Waals surface area contributed by atoms with Crippen LogP contribution < -0.4 is 5.32 Å². The molecule has 0 radical (unpaired) electrons. The highest BCUT2D eigenvalue weighted by atomic mass is 16.2. The number of nitrogens with one attached hydrogen (secondary N) is 1. The number of carbonyl (C=O) groups is 1.